The summed E-state index contributed by atoms with van der Waals surface area (Å²) in [6.45, 7) is 9.54. The van der Waals surface area contributed by atoms with Gasteiger partial charge in [-0.15, -0.1) is 0 Å². The summed E-state index contributed by atoms with van der Waals surface area (Å²) in [5.41, 5.74) is 8.31. The molecule has 0 aliphatic heterocycles. The third-order valence-electron chi connectivity index (χ3n) is 6.93. The summed E-state index contributed by atoms with van der Waals surface area (Å²) in [6, 6.07) is 0. The molecule has 0 spiro atoms. The van der Waals surface area contributed by atoms with Gasteiger partial charge in [-0.1, -0.05) is 0 Å². The topological polar surface area (TPSA) is 99.6 Å². The van der Waals surface area contributed by atoms with E-state index in [9.17, 15) is 0 Å². The summed E-state index contributed by atoms with van der Waals surface area (Å²) in [6.07, 6.45) is 35.6. The molecule has 0 aliphatic carbocycles. The first-order valence-corrected chi connectivity index (χ1v) is 17.1. The molecule has 4 nitrogen and oxygen atoms in total. The second-order valence-corrected chi connectivity index (χ2v) is 14.9. The first kappa shape index (κ1) is 36.6. The summed E-state index contributed by atoms with van der Waals surface area (Å²) in [5.74, 6) is 0. The number of rotatable bonds is 22. The average Bonchev–Trinajstić information content (AvgIpc) is 2.81. The van der Waals surface area contributed by atoms with Crippen LogP contribution in [0.4, 0.5) is 0 Å². The van der Waals surface area contributed by atoms with Crippen molar-refractivity contribution in [3.05, 3.63) is 0 Å². The van der Waals surface area contributed by atoms with Gasteiger partial charge in [0.15, 0.2) is 12.4 Å². The van der Waals surface area contributed by atoms with E-state index in [1.165, 1.54) is 109 Å². The van der Waals surface area contributed by atoms with Crippen molar-refractivity contribution in [2.45, 2.75) is 143 Å². The van der Waals surface area contributed by atoms with Crippen molar-refractivity contribution >= 4 is 7.26 Å². The van der Waals surface area contributed by atoms with Gasteiger partial charge in [-0.3, -0.25) is 0 Å². The molecule has 0 amide bonds. The molecule has 0 aromatic rings. The molecule has 0 fully saturated rings. The maximum Gasteiger partial charge on any atom is 0.173 e. The third kappa shape index (κ3) is 31.0. The zero-order valence-electron chi connectivity index (χ0n) is 23.1. The van der Waals surface area contributed by atoms with E-state index in [2.05, 4.69) is 39.2 Å². The van der Waals surface area contributed by atoms with Crippen molar-refractivity contribution in [2.75, 3.05) is 24.6 Å². The van der Waals surface area contributed by atoms with E-state index in [1.54, 1.807) is 43.9 Å². The fourth-order valence-electron chi connectivity index (χ4n) is 4.75. The Morgan fingerprint density at radius 3 is 0.879 bits per heavy atom. The summed E-state index contributed by atoms with van der Waals surface area (Å²) >= 11 is 0. The summed E-state index contributed by atoms with van der Waals surface area (Å²) in [7, 11) is -0.975. The van der Waals surface area contributed by atoms with Crippen LogP contribution in [0.1, 0.15) is 143 Å². The molecule has 0 aromatic carbocycles. The molecule has 0 heterocycles. The van der Waals surface area contributed by atoms with Gasteiger partial charge in [0, 0.05) is 0 Å². The first-order chi connectivity index (χ1) is 16.1. The van der Waals surface area contributed by atoms with Crippen molar-refractivity contribution < 1.29 is 0 Å². The average molecular weight is 485 g/mol. The van der Waals surface area contributed by atoms with E-state index in [4.69, 9.17) is 10.5 Å². The Morgan fingerprint density at radius 2 is 0.667 bits per heavy atom. The molecule has 0 rings (SSSR count). The maximum absolute atomic E-state index is 7.10. The molecule has 5 heteroatoms. The van der Waals surface area contributed by atoms with Crippen molar-refractivity contribution in [1.29, 1.82) is 10.5 Å². The van der Waals surface area contributed by atoms with Gasteiger partial charge in [0.1, 0.15) is 0 Å². The zero-order valence-corrected chi connectivity index (χ0v) is 24.1. The van der Waals surface area contributed by atoms with Crippen LogP contribution < -0.4 is 11.5 Å². The maximum atomic E-state index is 7.10. The Morgan fingerprint density at radius 1 is 0.455 bits per heavy atom. The monoisotopic (exact) mass is 484 g/mol. The van der Waals surface area contributed by atoms with Crippen LogP contribution >= 0.6 is 7.26 Å². The number of nitrogens with two attached hydrogens (primary N) is 2. The van der Waals surface area contributed by atoms with Gasteiger partial charge >= 0.3 is 175 Å². The zero-order chi connectivity index (χ0) is 25.5. The quantitative estimate of drug-likeness (QED) is 0.0694. The molecule has 0 saturated carbocycles. The van der Waals surface area contributed by atoms with E-state index in [-0.39, 0.29) is 0 Å². The minimum Gasteiger partial charge on any atom is -0.337 e. The number of hydrogen-bond acceptors (Lipinski definition) is 4. The molecule has 33 heavy (non-hydrogen) atoms. The van der Waals surface area contributed by atoms with Crippen LogP contribution in [0.3, 0.4) is 0 Å². The van der Waals surface area contributed by atoms with Gasteiger partial charge < -0.3 is 11.5 Å². The number of nitriles is 2. The summed E-state index contributed by atoms with van der Waals surface area (Å²) in [5, 5.41) is 14.2. The molecule has 0 atom stereocenters. The minimum atomic E-state index is -0.975. The Bertz CT molecular complexity index is 376. The normalized spacial score (nSPS) is 10.7. The van der Waals surface area contributed by atoms with Crippen LogP contribution in [0, 0.1) is 22.9 Å². The fourth-order valence-corrected chi connectivity index (χ4v) is 9.56. The van der Waals surface area contributed by atoms with E-state index >= 15 is 0 Å². The first-order valence-electron chi connectivity index (χ1n) is 14.3. The minimum absolute atomic E-state index is 0.975. The molecule has 0 unspecified atom stereocenters. The van der Waals surface area contributed by atoms with Crippen molar-refractivity contribution in [3.63, 3.8) is 0 Å². The standard InChI is InChI=1S/C26H57P.2CH2N2/c1-5-9-12-15-18-21-24-27(8-4,25-22-19-16-13-10-6-2)26-23-20-17-14-11-7-3;2*2-1-3/h27H,5-26H2,1-4H3;2*2H2. The van der Waals surface area contributed by atoms with Gasteiger partial charge in [-0.25, -0.2) is 0 Å². The van der Waals surface area contributed by atoms with Crippen LogP contribution in [-0.4, -0.2) is 24.6 Å². The van der Waals surface area contributed by atoms with E-state index in [0.29, 0.717) is 0 Å². The van der Waals surface area contributed by atoms with Crippen molar-refractivity contribution in [1.82, 2.24) is 0 Å². The van der Waals surface area contributed by atoms with E-state index in [0.717, 1.165) is 0 Å². The van der Waals surface area contributed by atoms with Crippen molar-refractivity contribution in [3.8, 4) is 12.4 Å². The third-order valence-corrected chi connectivity index (χ3v) is 12.7. The van der Waals surface area contributed by atoms with Gasteiger partial charge in [0.25, 0.3) is 0 Å². The fraction of sp³-hybridized carbons (Fsp3) is 0.929. The SMILES string of the molecule is CCCCCCCC[PH](CC)(CCCCCCCC)CCCCCCCC.N#CN.N#CN. The molecule has 0 aromatic heterocycles. The number of nitrogens with zero attached hydrogens (tertiary/aromatic N) is 2. The molecule has 0 aliphatic rings. The molecule has 0 bridgehead atoms. The summed E-state index contributed by atoms with van der Waals surface area (Å²) in [4.78, 5) is 0. The largest absolute Gasteiger partial charge is 0.337 e. The van der Waals surface area contributed by atoms with Crippen LogP contribution in [0.25, 0.3) is 0 Å². The molecule has 0 radical (unpaired) electrons. The van der Waals surface area contributed by atoms with E-state index in [1.807, 2.05) is 0 Å². The van der Waals surface area contributed by atoms with Gasteiger partial charge in [-0.2, -0.15) is 10.5 Å². The molecular weight excluding hydrogens is 423 g/mol. The van der Waals surface area contributed by atoms with Crippen LogP contribution in [0.5, 0.6) is 0 Å². The number of hydrogen-bond donors (Lipinski definition) is 2. The second-order valence-electron chi connectivity index (χ2n) is 9.67. The van der Waals surface area contributed by atoms with Crippen LogP contribution in [0.15, 0.2) is 0 Å². The van der Waals surface area contributed by atoms with Crippen LogP contribution in [0.2, 0.25) is 0 Å². The van der Waals surface area contributed by atoms with Crippen molar-refractivity contribution in [2.24, 2.45) is 11.5 Å². The number of unbranched alkanes of at least 4 members (excludes halogenated alkanes) is 15. The second kappa shape index (κ2) is 33.2. The Balaban J connectivity index is -0.00000134. The molecular formula is C28H61N4P. The predicted molar refractivity (Wildman–Crippen MR) is 153 cm³/mol. The van der Waals surface area contributed by atoms with E-state index < -0.39 is 7.26 Å². The predicted octanol–water partition coefficient (Wildman–Crippen LogP) is 8.69. The van der Waals surface area contributed by atoms with Gasteiger partial charge in [0.2, 0.25) is 0 Å². The van der Waals surface area contributed by atoms with Gasteiger partial charge in [-0.05, 0) is 0 Å². The Kier molecular flexibility index (Phi) is 36.8. The Labute approximate surface area is 209 Å². The summed E-state index contributed by atoms with van der Waals surface area (Å²) < 4.78 is 0. The van der Waals surface area contributed by atoms with Gasteiger partial charge in [0.05, 0.1) is 0 Å². The molecule has 4 N–H and O–H groups in total. The Hall–Kier alpha value is -0.990. The molecule has 0 saturated heterocycles. The molecule has 198 valence electrons. The smallest absolute Gasteiger partial charge is 0.173 e. The van der Waals surface area contributed by atoms with Crippen LogP contribution in [-0.2, 0) is 0 Å².